The van der Waals surface area contributed by atoms with Gasteiger partial charge in [0.25, 0.3) is 0 Å². The maximum atomic E-state index is 14.9. The number of halogens is 3. The molecule has 0 unspecified atom stereocenters. The Morgan fingerprint density at radius 1 is 1.06 bits per heavy atom. The normalized spacial score (nSPS) is 12.3. The fourth-order valence-corrected chi connectivity index (χ4v) is 3.84. The summed E-state index contributed by atoms with van der Waals surface area (Å²) in [5.41, 5.74) is 5.28. The van der Waals surface area contributed by atoms with E-state index in [0.29, 0.717) is 18.5 Å². The molecule has 0 amide bonds. The van der Waals surface area contributed by atoms with Crippen molar-refractivity contribution < 1.29 is 17.9 Å². The molecule has 0 spiro atoms. The Labute approximate surface area is 205 Å². The molecule has 1 aromatic heterocycles. The molecular formula is C30H30F3NO. The minimum atomic E-state index is -0.868. The molecule has 0 N–H and O–H groups in total. The second-order valence-electron chi connectivity index (χ2n) is 8.33. The molecule has 5 heteroatoms. The first-order chi connectivity index (χ1) is 16.9. The van der Waals surface area contributed by atoms with Gasteiger partial charge in [-0.15, -0.1) is 0 Å². The fraction of sp³-hybridized carbons (Fsp3) is 0.233. The zero-order valence-corrected chi connectivity index (χ0v) is 20.4. The molecular weight excluding hydrogens is 447 g/mol. The molecule has 2 nitrogen and oxygen atoms in total. The largest absolute Gasteiger partial charge is 0.494 e. The second-order valence-corrected chi connectivity index (χ2v) is 8.33. The number of aryl methyl sites for hydroxylation is 3. The van der Waals surface area contributed by atoms with Crippen molar-refractivity contribution in [2.24, 2.45) is 0 Å². The maximum absolute atomic E-state index is 14.9. The average molecular weight is 478 g/mol. The van der Waals surface area contributed by atoms with E-state index in [0.717, 1.165) is 34.2 Å². The van der Waals surface area contributed by atoms with E-state index < -0.39 is 17.5 Å². The number of methoxy groups -OCH3 is 1. The predicted molar refractivity (Wildman–Crippen MR) is 136 cm³/mol. The Morgan fingerprint density at radius 2 is 1.77 bits per heavy atom. The predicted octanol–water partition coefficient (Wildman–Crippen LogP) is 8.21. The molecule has 0 aliphatic carbocycles. The highest BCUT2D eigenvalue weighted by atomic mass is 19.2. The summed E-state index contributed by atoms with van der Waals surface area (Å²) in [4.78, 5) is 4.21. The molecule has 0 saturated carbocycles. The van der Waals surface area contributed by atoms with Crippen molar-refractivity contribution >= 4 is 0 Å². The lowest BCUT2D eigenvalue weighted by molar-refractivity contribution is 0.386. The Kier molecular flexibility index (Phi) is 9.07. The number of hydrogen-bond acceptors (Lipinski definition) is 2. The monoisotopic (exact) mass is 477 g/mol. The number of benzene rings is 2. The molecule has 0 fully saturated rings. The van der Waals surface area contributed by atoms with Crippen molar-refractivity contribution in [1.82, 2.24) is 4.98 Å². The van der Waals surface area contributed by atoms with E-state index in [-0.39, 0.29) is 17.7 Å². The van der Waals surface area contributed by atoms with Crippen LogP contribution in [0.25, 0.3) is 11.1 Å². The summed E-state index contributed by atoms with van der Waals surface area (Å²) in [6.45, 7) is 7.54. The fourth-order valence-electron chi connectivity index (χ4n) is 3.84. The number of pyridine rings is 1. The Hall–Kier alpha value is -3.60. The first-order valence-corrected chi connectivity index (χ1v) is 11.6. The van der Waals surface area contributed by atoms with Crippen LogP contribution in [0.1, 0.15) is 35.7 Å². The highest BCUT2D eigenvalue weighted by molar-refractivity contribution is 5.68. The summed E-state index contributed by atoms with van der Waals surface area (Å²) in [5, 5.41) is 0. The van der Waals surface area contributed by atoms with Crippen LogP contribution in [-0.2, 0) is 19.3 Å². The van der Waals surface area contributed by atoms with Crippen LogP contribution in [-0.4, -0.2) is 12.1 Å². The van der Waals surface area contributed by atoms with E-state index in [1.807, 2.05) is 44.2 Å². The quantitative estimate of drug-likeness (QED) is 0.275. The van der Waals surface area contributed by atoms with Crippen LogP contribution < -0.4 is 4.74 Å². The lowest BCUT2D eigenvalue weighted by atomic mass is 9.97. The number of aromatic nitrogens is 1. The maximum Gasteiger partial charge on any atom is 0.165 e. The van der Waals surface area contributed by atoms with Gasteiger partial charge in [0.2, 0.25) is 0 Å². The van der Waals surface area contributed by atoms with Crippen LogP contribution >= 0.6 is 0 Å². The molecule has 0 radical (unpaired) electrons. The summed E-state index contributed by atoms with van der Waals surface area (Å²) < 4.78 is 48.8. The van der Waals surface area contributed by atoms with E-state index in [2.05, 4.69) is 11.6 Å². The van der Waals surface area contributed by atoms with Gasteiger partial charge >= 0.3 is 0 Å². The van der Waals surface area contributed by atoms with Crippen LogP contribution in [0.2, 0.25) is 0 Å². The van der Waals surface area contributed by atoms with Crippen LogP contribution in [0.4, 0.5) is 13.2 Å². The number of allylic oxidation sites excluding steroid dienone is 5. The van der Waals surface area contributed by atoms with E-state index in [1.54, 1.807) is 18.3 Å². The molecule has 0 bridgehead atoms. The van der Waals surface area contributed by atoms with Gasteiger partial charge in [0.15, 0.2) is 17.4 Å². The average Bonchev–Trinajstić information content (AvgIpc) is 2.88. The van der Waals surface area contributed by atoms with Crippen LogP contribution in [0, 0.1) is 12.7 Å². The zero-order chi connectivity index (χ0) is 25.4. The van der Waals surface area contributed by atoms with E-state index in [4.69, 9.17) is 4.74 Å². The summed E-state index contributed by atoms with van der Waals surface area (Å²) in [5.74, 6) is -1.92. The number of nitrogens with zero attached hydrogens (tertiary/aromatic N) is 1. The molecule has 182 valence electrons. The van der Waals surface area contributed by atoms with Gasteiger partial charge in [-0.2, -0.15) is 0 Å². The van der Waals surface area contributed by atoms with Crippen molar-refractivity contribution in [3.05, 3.63) is 119 Å². The Bertz CT molecular complexity index is 1230. The topological polar surface area (TPSA) is 22.1 Å². The van der Waals surface area contributed by atoms with Gasteiger partial charge in [0, 0.05) is 18.3 Å². The Balaban J connectivity index is 1.71. The van der Waals surface area contributed by atoms with Gasteiger partial charge in [0.1, 0.15) is 5.83 Å². The van der Waals surface area contributed by atoms with Crippen LogP contribution in [0.3, 0.4) is 0 Å². The first-order valence-electron chi connectivity index (χ1n) is 11.6. The number of rotatable bonds is 10. The lowest BCUT2D eigenvalue weighted by Crippen LogP contribution is -1.97. The van der Waals surface area contributed by atoms with Crippen molar-refractivity contribution in [3.63, 3.8) is 0 Å². The van der Waals surface area contributed by atoms with E-state index in [1.165, 1.54) is 25.3 Å². The molecule has 0 saturated heterocycles. The van der Waals surface area contributed by atoms with Gasteiger partial charge in [-0.1, -0.05) is 56.0 Å². The molecule has 3 aromatic rings. The third-order valence-electron chi connectivity index (χ3n) is 5.92. The first kappa shape index (κ1) is 26.0. The third kappa shape index (κ3) is 6.72. The van der Waals surface area contributed by atoms with Gasteiger partial charge in [-0.05, 0) is 77.8 Å². The zero-order valence-electron chi connectivity index (χ0n) is 20.4. The lowest BCUT2D eigenvalue weighted by Gasteiger charge is -2.11. The van der Waals surface area contributed by atoms with Crippen molar-refractivity contribution in [3.8, 4) is 16.9 Å². The molecule has 35 heavy (non-hydrogen) atoms. The molecule has 0 atom stereocenters. The number of ether oxygens (including phenoxy) is 1. The second kappa shape index (κ2) is 12.2. The summed E-state index contributed by atoms with van der Waals surface area (Å²) in [6.07, 6.45) is 6.11. The highest BCUT2D eigenvalue weighted by Crippen LogP contribution is 2.30. The molecule has 2 aromatic carbocycles. The highest BCUT2D eigenvalue weighted by Gasteiger charge is 2.14. The minimum absolute atomic E-state index is 0.198. The van der Waals surface area contributed by atoms with Gasteiger partial charge in [0.05, 0.1) is 7.11 Å². The van der Waals surface area contributed by atoms with Crippen molar-refractivity contribution in [2.45, 2.75) is 39.5 Å². The molecule has 1 heterocycles. The van der Waals surface area contributed by atoms with Crippen molar-refractivity contribution in [1.29, 1.82) is 0 Å². The SMILES string of the molecule is C=C/C=C(CCc1ccc(-c2cc(F)c(OC)cc2C)cc1)\C(F)=C(\F)Cc1ccc(CC)cn1. The summed E-state index contributed by atoms with van der Waals surface area (Å²) >= 11 is 0. The number of hydrogen-bond donors (Lipinski definition) is 0. The minimum Gasteiger partial charge on any atom is -0.494 e. The standard InChI is InChI=1S/C30H30F3NO/c1-5-7-24(30(33)28(32)17-25-15-11-21(6-2)19-34-25)14-10-22-8-12-23(13-9-22)26-18-27(31)29(35-4)16-20(26)3/h5,7-9,11-13,15-16,18-19H,1,6,10,14,17H2,2-4H3/b24-7-,30-28-. The summed E-state index contributed by atoms with van der Waals surface area (Å²) in [6, 6.07) is 14.4. The van der Waals surface area contributed by atoms with Crippen LogP contribution in [0.15, 0.2) is 90.7 Å². The van der Waals surface area contributed by atoms with E-state index in [9.17, 15) is 13.2 Å². The van der Waals surface area contributed by atoms with Crippen LogP contribution in [0.5, 0.6) is 5.75 Å². The molecule has 0 aliphatic heterocycles. The van der Waals surface area contributed by atoms with Crippen molar-refractivity contribution in [2.75, 3.05) is 7.11 Å². The van der Waals surface area contributed by atoms with Gasteiger partial charge in [-0.25, -0.2) is 13.2 Å². The molecule has 3 rings (SSSR count). The van der Waals surface area contributed by atoms with Gasteiger partial charge in [-0.3, -0.25) is 4.98 Å². The Morgan fingerprint density at radius 3 is 2.37 bits per heavy atom. The summed E-state index contributed by atoms with van der Waals surface area (Å²) in [7, 11) is 1.44. The third-order valence-corrected chi connectivity index (χ3v) is 5.92. The van der Waals surface area contributed by atoms with Gasteiger partial charge < -0.3 is 4.74 Å². The van der Waals surface area contributed by atoms with E-state index >= 15 is 0 Å². The molecule has 0 aliphatic rings. The smallest absolute Gasteiger partial charge is 0.165 e.